The van der Waals surface area contributed by atoms with Gasteiger partial charge in [0.1, 0.15) is 24.3 Å². The third-order valence-corrected chi connectivity index (χ3v) is 5.18. The van der Waals surface area contributed by atoms with Gasteiger partial charge in [0, 0.05) is 6.54 Å². The van der Waals surface area contributed by atoms with Crippen molar-refractivity contribution in [2.24, 2.45) is 5.92 Å². The summed E-state index contributed by atoms with van der Waals surface area (Å²) in [6.45, 7) is 9.80. The van der Waals surface area contributed by atoms with Crippen molar-refractivity contribution < 1.29 is 23.9 Å². The van der Waals surface area contributed by atoms with Crippen molar-refractivity contribution in [3.63, 3.8) is 0 Å². The highest BCUT2D eigenvalue weighted by molar-refractivity contribution is 5.90. The van der Waals surface area contributed by atoms with Crippen LogP contribution in [-0.4, -0.2) is 47.1 Å². The van der Waals surface area contributed by atoms with E-state index in [4.69, 9.17) is 9.47 Å². The van der Waals surface area contributed by atoms with E-state index in [-0.39, 0.29) is 18.4 Å². The van der Waals surface area contributed by atoms with E-state index in [1.165, 1.54) is 0 Å². The van der Waals surface area contributed by atoms with Crippen LogP contribution in [0.5, 0.6) is 0 Å². The fraction of sp³-hybridized carbons (Fsp3) is 0.609. The van der Waals surface area contributed by atoms with Crippen LogP contribution in [0, 0.1) is 5.92 Å². The summed E-state index contributed by atoms with van der Waals surface area (Å²) in [4.78, 5) is 39.8. The van der Waals surface area contributed by atoms with E-state index >= 15 is 0 Å². The molecular weight excluding hydrogens is 384 g/mol. The van der Waals surface area contributed by atoms with Crippen molar-refractivity contribution in [1.29, 1.82) is 0 Å². The second-order valence-electron chi connectivity index (χ2n) is 8.79. The molecule has 1 saturated heterocycles. The summed E-state index contributed by atoms with van der Waals surface area (Å²) in [6, 6.07) is 8.04. The fourth-order valence-electron chi connectivity index (χ4n) is 3.40. The molecule has 1 aliphatic heterocycles. The summed E-state index contributed by atoms with van der Waals surface area (Å²) in [5, 5.41) is 2.71. The van der Waals surface area contributed by atoms with Crippen molar-refractivity contribution in [3.8, 4) is 0 Å². The van der Waals surface area contributed by atoms with Crippen LogP contribution in [0.1, 0.15) is 59.4 Å². The minimum atomic E-state index is -0.757. The Balaban J connectivity index is 2.05. The van der Waals surface area contributed by atoms with Gasteiger partial charge in [-0.3, -0.25) is 4.79 Å². The maximum absolute atomic E-state index is 13.3. The Kier molecular flexibility index (Phi) is 8.26. The van der Waals surface area contributed by atoms with Gasteiger partial charge in [0.05, 0.1) is 0 Å². The predicted molar refractivity (Wildman–Crippen MR) is 114 cm³/mol. The van der Waals surface area contributed by atoms with Crippen molar-refractivity contribution in [2.45, 2.75) is 78.2 Å². The van der Waals surface area contributed by atoms with Gasteiger partial charge in [0.15, 0.2) is 0 Å². The summed E-state index contributed by atoms with van der Waals surface area (Å²) in [5.74, 6) is -0.786. The number of likely N-dealkylation sites (tertiary alicyclic amines) is 1. The quantitative estimate of drug-likeness (QED) is 0.683. The molecule has 1 aromatic carbocycles. The minimum Gasteiger partial charge on any atom is -0.459 e. The largest absolute Gasteiger partial charge is 0.459 e. The van der Waals surface area contributed by atoms with Gasteiger partial charge in [-0.15, -0.1) is 0 Å². The Hall–Kier alpha value is -2.57. The number of carbonyl (C=O) groups excluding carboxylic acids is 3. The number of amides is 2. The standard InChI is InChI=1S/C23H34N2O5/c1-6-16(2)19(24-22(28)30-23(3,4)5)20(26)25-14-10-13-18(25)21(27)29-15-17-11-8-7-9-12-17/h7-9,11-12,16,18-19H,6,10,13-15H2,1-5H3,(H,24,28)/t16?,18-,19-/m0/s1. The van der Waals surface area contributed by atoms with Crippen molar-refractivity contribution in [3.05, 3.63) is 35.9 Å². The van der Waals surface area contributed by atoms with E-state index in [0.29, 0.717) is 19.4 Å². The molecule has 1 aromatic rings. The lowest BCUT2D eigenvalue weighted by molar-refractivity contribution is -0.155. The molecule has 3 atom stereocenters. The SMILES string of the molecule is CCC(C)[C@H](NC(=O)OC(C)(C)C)C(=O)N1CCC[C@H]1C(=O)OCc1ccccc1. The summed E-state index contributed by atoms with van der Waals surface area (Å²) in [5.41, 5.74) is 0.232. The van der Waals surface area contributed by atoms with E-state index in [1.807, 2.05) is 44.2 Å². The molecule has 0 bridgehead atoms. The molecule has 7 nitrogen and oxygen atoms in total. The zero-order valence-corrected chi connectivity index (χ0v) is 18.6. The first-order chi connectivity index (χ1) is 14.1. The zero-order valence-electron chi connectivity index (χ0n) is 18.6. The van der Waals surface area contributed by atoms with Crippen molar-refractivity contribution >= 4 is 18.0 Å². The smallest absolute Gasteiger partial charge is 0.408 e. The Morgan fingerprint density at radius 1 is 1.20 bits per heavy atom. The van der Waals surface area contributed by atoms with Crippen LogP contribution < -0.4 is 5.32 Å². The molecule has 0 aromatic heterocycles. The van der Waals surface area contributed by atoms with E-state index in [0.717, 1.165) is 12.0 Å². The third-order valence-electron chi connectivity index (χ3n) is 5.18. The molecule has 0 saturated carbocycles. The number of alkyl carbamates (subject to hydrolysis) is 1. The van der Waals surface area contributed by atoms with Crippen LogP contribution in [0.25, 0.3) is 0 Å². The van der Waals surface area contributed by atoms with Crippen LogP contribution in [-0.2, 0) is 25.7 Å². The number of hydrogen-bond acceptors (Lipinski definition) is 5. The van der Waals surface area contributed by atoms with Gasteiger partial charge in [0.25, 0.3) is 0 Å². The molecule has 30 heavy (non-hydrogen) atoms. The molecule has 166 valence electrons. The highest BCUT2D eigenvalue weighted by Crippen LogP contribution is 2.23. The molecule has 2 rings (SSSR count). The Labute approximate surface area is 179 Å². The lowest BCUT2D eigenvalue weighted by Crippen LogP contribution is -2.55. The highest BCUT2D eigenvalue weighted by atomic mass is 16.6. The first kappa shape index (κ1) is 23.7. The normalized spacial score (nSPS) is 18.4. The number of carbonyl (C=O) groups is 3. The second-order valence-corrected chi connectivity index (χ2v) is 8.79. The van der Waals surface area contributed by atoms with Gasteiger partial charge >= 0.3 is 12.1 Å². The van der Waals surface area contributed by atoms with E-state index < -0.39 is 29.7 Å². The molecule has 0 aliphatic carbocycles. The van der Waals surface area contributed by atoms with Gasteiger partial charge in [-0.1, -0.05) is 50.6 Å². The van der Waals surface area contributed by atoms with Gasteiger partial charge in [-0.05, 0) is 45.1 Å². The van der Waals surface area contributed by atoms with Crippen molar-refractivity contribution in [2.75, 3.05) is 6.54 Å². The molecule has 1 fully saturated rings. The average molecular weight is 419 g/mol. The first-order valence-corrected chi connectivity index (χ1v) is 10.6. The highest BCUT2D eigenvalue weighted by Gasteiger charge is 2.40. The van der Waals surface area contributed by atoms with Crippen molar-refractivity contribution in [1.82, 2.24) is 10.2 Å². The van der Waals surface area contributed by atoms with Crippen LogP contribution in [0.4, 0.5) is 4.79 Å². The molecule has 1 heterocycles. The molecular formula is C23H34N2O5. The van der Waals surface area contributed by atoms with Crippen LogP contribution in [0.3, 0.4) is 0 Å². The van der Waals surface area contributed by atoms with Gasteiger partial charge < -0.3 is 19.7 Å². The molecule has 1 aliphatic rings. The first-order valence-electron chi connectivity index (χ1n) is 10.6. The summed E-state index contributed by atoms with van der Waals surface area (Å²) >= 11 is 0. The minimum absolute atomic E-state index is 0.105. The third kappa shape index (κ3) is 6.75. The van der Waals surface area contributed by atoms with E-state index in [2.05, 4.69) is 5.32 Å². The summed E-state index contributed by atoms with van der Waals surface area (Å²) in [7, 11) is 0. The number of benzene rings is 1. The fourth-order valence-corrected chi connectivity index (χ4v) is 3.40. The number of nitrogens with zero attached hydrogens (tertiary/aromatic N) is 1. The maximum Gasteiger partial charge on any atom is 0.408 e. The maximum atomic E-state index is 13.3. The van der Waals surface area contributed by atoms with Crippen LogP contribution in [0.15, 0.2) is 30.3 Å². The lowest BCUT2D eigenvalue weighted by Gasteiger charge is -2.31. The number of rotatable bonds is 7. The molecule has 1 N–H and O–H groups in total. The topological polar surface area (TPSA) is 84.9 Å². The molecule has 0 spiro atoms. The number of hydrogen-bond donors (Lipinski definition) is 1. The van der Waals surface area contributed by atoms with Gasteiger partial charge in [0.2, 0.25) is 5.91 Å². The molecule has 2 amide bonds. The van der Waals surface area contributed by atoms with Gasteiger partial charge in [-0.25, -0.2) is 9.59 Å². The van der Waals surface area contributed by atoms with Gasteiger partial charge in [-0.2, -0.15) is 0 Å². The summed E-state index contributed by atoms with van der Waals surface area (Å²) in [6.07, 6.45) is 1.34. The predicted octanol–water partition coefficient (Wildman–Crippen LogP) is 3.66. The zero-order chi connectivity index (χ0) is 22.3. The van der Waals surface area contributed by atoms with Crippen LogP contribution >= 0.6 is 0 Å². The Morgan fingerprint density at radius 2 is 1.87 bits per heavy atom. The Morgan fingerprint density at radius 3 is 2.47 bits per heavy atom. The molecule has 7 heteroatoms. The number of nitrogens with one attached hydrogen (secondary N) is 1. The Bertz CT molecular complexity index is 729. The number of esters is 1. The van der Waals surface area contributed by atoms with Crippen LogP contribution in [0.2, 0.25) is 0 Å². The summed E-state index contributed by atoms with van der Waals surface area (Å²) < 4.78 is 10.8. The lowest BCUT2D eigenvalue weighted by atomic mass is 9.97. The second kappa shape index (κ2) is 10.5. The number of ether oxygens (including phenoxy) is 2. The van der Waals surface area contributed by atoms with E-state index in [9.17, 15) is 14.4 Å². The molecule has 0 radical (unpaired) electrons. The molecule has 1 unspecified atom stereocenters. The average Bonchev–Trinajstić information content (AvgIpc) is 3.18. The van der Waals surface area contributed by atoms with E-state index in [1.54, 1.807) is 25.7 Å². The monoisotopic (exact) mass is 418 g/mol.